The van der Waals surface area contributed by atoms with E-state index in [-0.39, 0.29) is 23.7 Å². The minimum absolute atomic E-state index is 0.101. The van der Waals surface area contributed by atoms with E-state index in [4.69, 9.17) is 21.1 Å². The maximum absolute atomic E-state index is 12.7. The van der Waals surface area contributed by atoms with Crippen molar-refractivity contribution in [2.75, 3.05) is 50.0 Å². The van der Waals surface area contributed by atoms with Gasteiger partial charge in [-0.15, -0.1) is 0 Å². The fraction of sp³-hybridized carbons (Fsp3) is 0.409. The Kier molecular flexibility index (Phi) is 9.00. The number of rotatable bonds is 10. The number of hydrogen-bond acceptors (Lipinski definition) is 7. The first-order valence-corrected chi connectivity index (χ1v) is 14.5. The van der Waals surface area contributed by atoms with Gasteiger partial charge in [0, 0.05) is 18.1 Å². The zero-order chi connectivity index (χ0) is 25.6. The molecule has 192 valence electrons. The minimum Gasteiger partial charge on any atom is -0.492 e. The number of sulfonamides is 2. The first-order valence-electron chi connectivity index (χ1n) is 10.8. The van der Waals surface area contributed by atoms with E-state index >= 15 is 0 Å². The third kappa shape index (κ3) is 7.07. The summed E-state index contributed by atoms with van der Waals surface area (Å²) in [5, 5.41) is 3.00. The molecule has 2 aromatic carbocycles. The van der Waals surface area contributed by atoms with Crippen LogP contribution in [0.2, 0.25) is 5.02 Å². The molecular formula is C22H28ClN3O7S2. The largest absolute Gasteiger partial charge is 0.492 e. The molecule has 0 aromatic heterocycles. The van der Waals surface area contributed by atoms with E-state index in [2.05, 4.69) is 5.32 Å². The molecular weight excluding hydrogens is 518 g/mol. The average molecular weight is 546 g/mol. The number of carbonyl (C=O) groups excluding carboxylic acids is 1. The first kappa shape index (κ1) is 27.2. The van der Waals surface area contributed by atoms with Gasteiger partial charge in [-0.25, -0.2) is 16.8 Å². The molecule has 1 atom stereocenters. The summed E-state index contributed by atoms with van der Waals surface area (Å²) in [5.41, 5.74) is 0.283. The fourth-order valence-corrected chi connectivity index (χ4v) is 6.32. The van der Waals surface area contributed by atoms with E-state index in [0.717, 1.165) is 10.6 Å². The molecule has 1 aliphatic heterocycles. The van der Waals surface area contributed by atoms with Crippen LogP contribution >= 0.6 is 11.6 Å². The van der Waals surface area contributed by atoms with Gasteiger partial charge < -0.3 is 14.8 Å². The van der Waals surface area contributed by atoms with Crippen LogP contribution in [0.25, 0.3) is 0 Å². The third-order valence-corrected chi connectivity index (χ3v) is 8.64. The van der Waals surface area contributed by atoms with Crippen LogP contribution in [0.3, 0.4) is 0 Å². The summed E-state index contributed by atoms with van der Waals surface area (Å²) in [6, 6.07) is 11.2. The van der Waals surface area contributed by atoms with Gasteiger partial charge in [0.2, 0.25) is 26.0 Å². The monoisotopic (exact) mass is 545 g/mol. The van der Waals surface area contributed by atoms with Crippen LogP contribution in [0, 0.1) is 0 Å². The van der Waals surface area contributed by atoms with Gasteiger partial charge in [0.1, 0.15) is 18.4 Å². The highest BCUT2D eigenvalue weighted by atomic mass is 35.5. The van der Waals surface area contributed by atoms with Gasteiger partial charge in [-0.05, 0) is 49.4 Å². The average Bonchev–Trinajstić information content (AvgIpc) is 2.82. The van der Waals surface area contributed by atoms with Crippen molar-refractivity contribution in [1.29, 1.82) is 0 Å². The number of halogens is 1. The molecule has 1 aliphatic rings. The van der Waals surface area contributed by atoms with E-state index in [9.17, 15) is 21.6 Å². The molecule has 0 unspecified atom stereocenters. The van der Waals surface area contributed by atoms with Crippen molar-refractivity contribution in [3.05, 3.63) is 53.6 Å². The Labute approximate surface area is 210 Å². The topological polar surface area (TPSA) is 122 Å². The second-order valence-corrected chi connectivity index (χ2v) is 12.1. The normalized spacial score (nSPS) is 15.9. The molecule has 0 radical (unpaired) electrons. The molecule has 35 heavy (non-hydrogen) atoms. The number of hydrogen-bond donors (Lipinski definition) is 1. The van der Waals surface area contributed by atoms with Crippen LogP contribution < -0.4 is 14.4 Å². The van der Waals surface area contributed by atoms with Gasteiger partial charge in [0.15, 0.2) is 0 Å². The lowest BCUT2D eigenvalue weighted by atomic mass is 10.2. The molecule has 1 N–H and O–H groups in total. The summed E-state index contributed by atoms with van der Waals surface area (Å²) in [7, 11) is -7.35. The number of ether oxygens (including phenoxy) is 2. The number of nitrogens with one attached hydrogen (secondary N) is 1. The van der Waals surface area contributed by atoms with Crippen LogP contribution in [0.4, 0.5) is 5.69 Å². The van der Waals surface area contributed by atoms with E-state index in [1.807, 2.05) is 0 Å². The second kappa shape index (κ2) is 11.6. The fourth-order valence-electron chi connectivity index (χ4n) is 3.56. The highest BCUT2D eigenvalue weighted by molar-refractivity contribution is 7.92. The number of anilines is 1. The highest BCUT2D eigenvalue weighted by Gasteiger charge is 2.29. The molecule has 1 fully saturated rings. The highest BCUT2D eigenvalue weighted by Crippen LogP contribution is 2.24. The summed E-state index contributed by atoms with van der Waals surface area (Å²) in [6.07, 6.45) is 1.02. The zero-order valence-electron chi connectivity index (χ0n) is 19.4. The molecule has 0 saturated carbocycles. The summed E-state index contributed by atoms with van der Waals surface area (Å²) in [4.78, 5) is 12.8. The first-order chi connectivity index (χ1) is 16.5. The quantitative estimate of drug-likeness (QED) is 0.451. The summed E-state index contributed by atoms with van der Waals surface area (Å²) < 4.78 is 63.2. The lowest BCUT2D eigenvalue weighted by Crippen LogP contribution is -2.48. The van der Waals surface area contributed by atoms with Crippen molar-refractivity contribution >= 4 is 43.2 Å². The molecule has 3 rings (SSSR count). The number of benzene rings is 2. The molecule has 2 aromatic rings. The molecule has 1 heterocycles. The number of morpholine rings is 1. The predicted octanol–water partition coefficient (Wildman–Crippen LogP) is 1.71. The number of carbonyl (C=O) groups is 1. The lowest BCUT2D eigenvalue weighted by molar-refractivity contribution is -0.121. The zero-order valence-corrected chi connectivity index (χ0v) is 21.8. The van der Waals surface area contributed by atoms with Crippen molar-refractivity contribution in [2.45, 2.75) is 17.9 Å². The van der Waals surface area contributed by atoms with Gasteiger partial charge in [0.05, 0.1) is 36.6 Å². The van der Waals surface area contributed by atoms with Gasteiger partial charge in [-0.2, -0.15) is 4.31 Å². The molecule has 0 aliphatic carbocycles. The molecule has 0 spiro atoms. The lowest BCUT2D eigenvalue weighted by Gasteiger charge is -2.28. The van der Waals surface area contributed by atoms with Crippen LogP contribution in [0.1, 0.15) is 6.92 Å². The maximum Gasteiger partial charge on any atom is 0.243 e. The number of amides is 1. The van der Waals surface area contributed by atoms with Gasteiger partial charge >= 0.3 is 0 Å². The van der Waals surface area contributed by atoms with Gasteiger partial charge in [-0.3, -0.25) is 9.10 Å². The summed E-state index contributed by atoms with van der Waals surface area (Å²) >= 11 is 5.98. The Bertz CT molecular complexity index is 1230. The molecule has 10 nitrogen and oxygen atoms in total. The van der Waals surface area contributed by atoms with Crippen LogP contribution in [0.15, 0.2) is 53.4 Å². The Morgan fingerprint density at radius 3 is 2.40 bits per heavy atom. The predicted molar refractivity (Wildman–Crippen MR) is 133 cm³/mol. The van der Waals surface area contributed by atoms with Gasteiger partial charge in [0.25, 0.3) is 0 Å². The SMILES string of the molecule is C[C@@H](C(=O)NCCOc1ccc(S(=O)(=O)N2CCOCC2)cc1)N(c1cccc(Cl)c1)S(C)(=O)=O. The van der Waals surface area contributed by atoms with Crippen LogP contribution in [0.5, 0.6) is 5.75 Å². The smallest absolute Gasteiger partial charge is 0.243 e. The molecule has 13 heteroatoms. The van der Waals surface area contributed by atoms with Crippen molar-refractivity contribution < 1.29 is 31.1 Å². The van der Waals surface area contributed by atoms with Crippen molar-refractivity contribution in [1.82, 2.24) is 9.62 Å². The Hall–Kier alpha value is -2.38. The van der Waals surface area contributed by atoms with E-state index < -0.39 is 32.0 Å². The van der Waals surface area contributed by atoms with E-state index in [1.54, 1.807) is 30.3 Å². The van der Waals surface area contributed by atoms with E-state index in [0.29, 0.717) is 37.1 Å². The second-order valence-electron chi connectivity index (χ2n) is 7.84. The van der Waals surface area contributed by atoms with Crippen molar-refractivity contribution in [3.8, 4) is 5.75 Å². The summed E-state index contributed by atoms with van der Waals surface area (Å²) in [6.45, 7) is 3.05. The molecule has 0 bridgehead atoms. The van der Waals surface area contributed by atoms with Crippen molar-refractivity contribution in [2.24, 2.45) is 0 Å². The van der Waals surface area contributed by atoms with Gasteiger partial charge in [-0.1, -0.05) is 17.7 Å². The maximum atomic E-state index is 12.7. The standard InChI is InChI=1S/C22H28ClN3O7S2/c1-17(26(34(2,28)29)19-5-3-4-18(23)16-19)22(27)24-10-13-33-20-6-8-21(9-7-20)35(30,31)25-11-14-32-15-12-25/h3-9,16-17H,10-15H2,1-2H3,(H,24,27)/t17-/m0/s1. The Morgan fingerprint density at radius 2 is 1.80 bits per heavy atom. The molecule has 1 saturated heterocycles. The van der Waals surface area contributed by atoms with Crippen LogP contribution in [-0.4, -0.2) is 78.8 Å². The Balaban J connectivity index is 1.54. The third-order valence-electron chi connectivity index (χ3n) is 5.25. The summed E-state index contributed by atoms with van der Waals surface area (Å²) in [5.74, 6) is -0.0733. The minimum atomic E-state index is -3.75. The van der Waals surface area contributed by atoms with E-state index in [1.165, 1.54) is 29.4 Å². The molecule has 1 amide bonds. The number of nitrogens with zero attached hydrogens (tertiary/aromatic N) is 2. The van der Waals surface area contributed by atoms with Crippen LogP contribution in [-0.2, 0) is 29.6 Å². The van der Waals surface area contributed by atoms with Crippen molar-refractivity contribution in [3.63, 3.8) is 0 Å². The Morgan fingerprint density at radius 1 is 1.14 bits per heavy atom.